The van der Waals surface area contributed by atoms with Crippen molar-refractivity contribution >= 4 is 27.4 Å². The van der Waals surface area contributed by atoms with E-state index in [0.29, 0.717) is 10.4 Å². The van der Waals surface area contributed by atoms with E-state index in [2.05, 4.69) is 0 Å². The second-order valence-corrected chi connectivity index (χ2v) is 8.15. The molecule has 0 saturated carbocycles. The van der Waals surface area contributed by atoms with Gasteiger partial charge in [-0.15, -0.1) is 0 Å². The van der Waals surface area contributed by atoms with Crippen LogP contribution in [0.25, 0.3) is 0 Å². The van der Waals surface area contributed by atoms with E-state index >= 15 is 0 Å². The fourth-order valence-corrected chi connectivity index (χ4v) is 4.08. The van der Waals surface area contributed by atoms with E-state index in [-0.39, 0.29) is 0 Å². The fourth-order valence-electron chi connectivity index (χ4n) is 2.51. The zero-order valence-corrected chi connectivity index (χ0v) is 16.6. The monoisotopic (exact) mass is 446 g/mol. The molecule has 0 aromatic heterocycles. The highest BCUT2D eigenvalue weighted by Gasteiger charge is 2.36. The summed E-state index contributed by atoms with van der Waals surface area (Å²) < 4.78 is 70.9. The van der Waals surface area contributed by atoms with Gasteiger partial charge >= 0.3 is 12.1 Å². The predicted molar refractivity (Wildman–Crippen MR) is 100 cm³/mol. The van der Waals surface area contributed by atoms with Gasteiger partial charge in [-0.2, -0.15) is 13.2 Å². The van der Waals surface area contributed by atoms with Crippen LogP contribution < -0.4 is 4.31 Å². The molecular formula is C18H17F3N2O6S. The number of ether oxygens (including phenoxy) is 1. The topological polar surface area (TPSA) is 107 Å². The van der Waals surface area contributed by atoms with Gasteiger partial charge in [0.2, 0.25) is 0 Å². The highest BCUT2D eigenvalue weighted by atomic mass is 32.2. The Morgan fingerprint density at radius 1 is 1.17 bits per heavy atom. The van der Waals surface area contributed by atoms with Crippen molar-refractivity contribution in [3.63, 3.8) is 0 Å². The summed E-state index contributed by atoms with van der Waals surface area (Å²) in [5.74, 6) is -1.04. The maximum atomic E-state index is 13.2. The van der Waals surface area contributed by atoms with Crippen LogP contribution in [-0.4, -0.2) is 32.0 Å². The van der Waals surface area contributed by atoms with Gasteiger partial charge in [0.05, 0.1) is 22.3 Å². The Labute approximate surface area is 170 Å². The van der Waals surface area contributed by atoms with E-state index < -0.39 is 61.6 Å². The van der Waals surface area contributed by atoms with Crippen molar-refractivity contribution < 1.29 is 36.0 Å². The molecule has 0 unspecified atom stereocenters. The molecule has 8 nitrogen and oxygen atoms in total. The van der Waals surface area contributed by atoms with Crippen molar-refractivity contribution in [2.45, 2.75) is 31.0 Å². The van der Waals surface area contributed by atoms with E-state index in [9.17, 15) is 36.5 Å². The average Bonchev–Trinajstić information content (AvgIpc) is 2.64. The highest BCUT2D eigenvalue weighted by molar-refractivity contribution is 7.93. The van der Waals surface area contributed by atoms with Gasteiger partial charge in [0, 0.05) is 6.07 Å². The van der Waals surface area contributed by atoms with Crippen molar-refractivity contribution in [2.75, 3.05) is 10.8 Å². The van der Waals surface area contributed by atoms with E-state index in [1.165, 1.54) is 26.0 Å². The Bertz CT molecular complexity index is 1050. The number of esters is 1. The van der Waals surface area contributed by atoms with Crippen molar-refractivity contribution in [3.05, 3.63) is 64.2 Å². The molecule has 0 aliphatic rings. The quantitative estimate of drug-likeness (QED) is 0.364. The first kappa shape index (κ1) is 23.1. The zero-order valence-electron chi connectivity index (χ0n) is 15.8. The largest absolute Gasteiger partial charge is 0.462 e. The second kappa shape index (κ2) is 8.69. The number of nitro groups is 1. The molecule has 162 valence electrons. The van der Waals surface area contributed by atoms with Crippen LogP contribution in [0, 0.1) is 10.1 Å². The molecule has 0 bridgehead atoms. The number of nitro benzene ring substituents is 1. The Morgan fingerprint density at radius 2 is 1.80 bits per heavy atom. The number of halogens is 3. The molecule has 2 aromatic rings. The number of sulfonamides is 1. The molecule has 0 atom stereocenters. The molecule has 0 spiro atoms. The van der Waals surface area contributed by atoms with Crippen molar-refractivity contribution in [2.24, 2.45) is 0 Å². The standard InChI is InChI=1S/C18H17F3N2O6S/c1-12(2)29-17(24)11-22(14-7-5-6-13(10-14)18(19,20)21)30(27,28)16-9-4-3-8-15(16)23(25)26/h3-10,12H,11H2,1-2H3. The number of benzene rings is 2. The van der Waals surface area contributed by atoms with Gasteiger partial charge in [-0.05, 0) is 38.1 Å². The maximum Gasteiger partial charge on any atom is 0.416 e. The molecule has 0 aliphatic carbocycles. The number of para-hydroxylation sites is 1. The van der Waals surface area contributed by atoms with Gasteiger partial charge in [0.25, 0.3) is 15.7 Å². The summed E-state index contributed by atoms with van der Waals surface area (Å²) in [6.45, 7) is 2.03. The van der Waals surface area contributed by atoms with Gasteiger partial charge in [0.1, 0.15) is 6.54 Å². The van der Waals surface area contributed by atoms with Gasteiger partial charge in [0.15, 0.2) is 4.90 Å². The molecule has 0 saturated heterocycles. The van der Waals surface area contributed by atoms with E-state index in [1.807, 2.05) is 0 Å². The molecule has 12 heteroatoms. The summed E-state index contributed by atoms with van der Waals surface area (Å²) >= 11 is 0. The minimum atomic E-state index is -4.80. The van der Waals surface area contributed by atoms with Crippen LogP contribution >= 0.6 is 0 Å². The van der Waals surface area contributed by atoms with Gasteiger partial charge in [-0.3, -0.25) is 19.2 Å². The van der Waals surface area contributed by atoms with Crippen LogP contribution in [0.4, 0.5) is 24.5 Å². The normalized spacial score (nSPS) is 11.9. The third-order valence-electron chi connectivity index (χ3n) is 3.73. The van der Waals surface area contributed by atoms with Crippen LogP contribution in [0.5, 0.6) is 0 Å². The number of nitrogens with zero attached hydrogens (tertiary/aromatic N) is 2. The predicted octanol–water partition coefficient (Wildman–Crippen LogP) is 3.76. The fraction of sp³-hybridized carbons (Fsp3) is 0.278. The number of hydrogen-bond acceptors (Lipinski definition) is 6. The van der Waals surface area contributed by atoms with Gasteiger partial charge < -0.3 is 4.74 Å². The summed E-state index contributed by atoms with van der Waals surface area (Å²) in [5.41, 5.74) is -2.43. The highest BCUT2D eigenvalue weighted by Crippen LogP contribution is 2.34. The molecule has 0 amide bonds. The van der Waals surface area contributed by atoms with Crippen LogP contribution in [0.15, 0.2) is 53.4 Å². The Morgan fingerprint density at radius 3 is 2.37 bits per heavy atom. The van der Waals surface area contributed by atoms with Crippen LogP contribution in [0.2, 0.25) is 0 Å². The Hall–Kier alpha value is -3.15. The van der Waals surface area contributed by atoms with E-state index in [4.69, 9.17) is 4.74 Å². The van der Waals surface area contributed by atoms with Gasteiger partial charge in [-0.25, -0.2) is 8.42 Å². The Kier molecular flexibility index (Phi) is 6.70. The van der Waals surface area contributed by atoms with Crippen molar-refractivity contribution in [3.8, 4) is 0 Å². The first-order valence-corrected chi connectivity index (χ1v) is 9.91. The summed E-state index contributed by atoms with van der Waals surface area (Å²) in [7, 11) is -4.80. The van der Waals surface area contributed by atoms with Crippen LogP contribution in [0.1, 0.15) is 19.4 Å². The molecule has 0 fully saturated rings. The minimum absolute atomic E-state index is 0.356. The van der Waals surface area contributed by atoms with Gasteiger partial charge in [-0.1, -0.05) is 18.2 Å². The lowest BCUT2D eigenvalue weighted by molar-refractivity contribution is -0.387. The SMILES string of the molecule is CC(C)OC(=O)CN(c1cccc(C(F)(F)F)c1)S(=O)(=O)c1ccccc1[N+](=O)[O-]. The van der Waals surface area contributed by atoms with E-state index in [1.54, 1.807) is 0 Å². The van der Waals surface area contributed by atoms with Crippen molar-refractivity contribution in [1.29, 1.82) is 0 Å². The number of carbonyl (C=O) groups is 1. The summed E-state index contributed by atoms with van der Waals surface area (Å²) in [4.78, 5) is 21.7. The average molecular weight is 446 g/mol. The smallest absolute Gasteiger partial charge is 0.416 e. The number of alkyl halides is 3. The molecule has 0 aliphatic heterocycles. The zero-order chi connectivity index (χ0) is 22.7. The molecule has 0 heterocycles. The molecule has 2 aromatic carbocycles. The molecule has 0 N–H and O–H groups in total. The number of hydrogen-bond donors (Lipinski definition) is 0. The van der Waals surface area contributed by atoms with Crippen molar-refractivity contribution in [1.82, 2.24) is 0 Å². The van der Waals surface area contributed by atoms with Crippen LogP contribution in [-0.2, 0) is 25.7 Å². The maximum absolute atomic E-state index is 13.2. The second-order valence-electron chi connectivity index (χ2n) is 6.32. The first-order chi connectivity index (χ1) is 13.8. The number of carbonyl (C=O) groups excluding carboxylic acids is 1. The molecule has 30 heavy (non-hydrogen) atoms. The number of anilines is 1. The molecular weight excluding hydrogens is 429 g/mol. The third kappa shape index (κ3) is 5.26. The lowest BCUT2D eigenvalue weighted by Crippen LogP contribution is -2.37. The summed E-state index contributed by atoms with van der Waals surface area (Å²) in [5, 5.41) is 11.3. The van der Waals surface area contributed by atoms with E-state index in [0.717, 1.165) is 30.3 Å². The summed E-state index contributed by atoms with van der Waals surface area (Å²) in [6, 6.07) is 7.60. The third-order valence-corrected chi connectivity index (χ3v) is 5.55. The lowest BCUT2D eigenvalue weighted by Gasteiger charge is -2.24. The Balaban J connectivity index is 2.65. The number of rotatable bonds is 7. The molecule has 2 rings (SSSR count). The minimum Gasteiger partial charge on any atom is -0.462 e. The lowest BCUT2D eigenvalue weighted by atomic mass is 10.2. The first-order valence-electron chi connectivity index (χ1n) is 8.47. The van der Waals surface area contributed by atoms with Crippen LogP contribution in [0.3, 0.4) is 0 Å². The molecule has 0 radical (unpaired) electrons. The summed E-state index contributed by atoms with van der Waals surface area (Å²) in [6.07, 6.45) is -5.39.